The summed E-state index contributed by atoms with van der Waals surface area (Å²) in [5, 5.41) is 10.8. The first-order chi connectivity index (χ1) is 8.68. The van der Waals surface area contributed by atoms with Crippen molar-refractivity contribution in [1.82, 2.24) is 0 Å². The third-order valence-corrected chi connectivity index (χ3v) is 3.81. The van der Waals surface area contributed by atoms with Crippen LogP contribution in [0.25, 0.3) is 0 Å². The topological polar surface area (TPSA) is 61.6 Å². The number of nitro benzene ring substituents is 1. The number of benzene rings is 1. The van der Waals surface area contributed by atoms with Gasteiger partial charge in [-0.15, -0.1) is 0 Å². The Kier molecular flexibility index (Phi) is 4.68. The highest BCUT2D eigenvalue weighted by molar-refractivity contribution is 9.10. The van der Waals surface area contributed by atoms with Crippen LogP contribution >= 0.6 is 15.9 Å². The molecule has 6 heteroatoms. The molecule has 0 N–H and O–H groups in total. The van der Waals surface area contributed by atoms with Crippen molar-refractivity contribution in [2.45, 2.75) is 25.6 Å². The first-order valence-electron chi connectivity index (χ1n) is 5.79. The van der Waals surface area contributed by atoms with E-state index in [4.69, 9.17) is 9.47 Å². The van der Waals surface area contributed by atoms with Crippen molar-refractivity contribution >= 4 is 21.6 Å². The Hall–Kier alpha value is -0.980. The van der Waals surface area contributed by atoms with E-state index in [2.05, 4.69) is 15.9 Å². The highest BCUT2D eigenvalue weighted by atomic mass is 79.9. The highest BCUT2D eigenvalue weighted by Crippen LogP contribution is 2.29. The molecular formula is C12H14BrNO4. The molecule has 1 heterocycles. The molecule has 0 unspecified atom stereocenters. The molecule has 5 nitrogen and oxygen atoms in total. The molecule has 0 radical (unpaired) electrons. The Balaban J connectivity index is 2.00. The molecule has 0 bridgehead atoms. The van der Waals surface area contributed by atoms with E-state index in [9.17, 15) is 10.1 Å². The first-order valence-corrected chi connectivity index (χ1v) is 6.59. The van der Waals surface area contributed by atoms with Crippen LogP contribution in [0.2, 0.25) is 0 Å². The zero-order valence-electron chi connectivity index (χ0n) is 9.80. The fourth-order valence-electron chi connectivity index (χ4n) is 1.87. The SMILES string of the molecule is O=[N+]([O-])c1cccc(COC2CCOCC2)c1Br. The Morgan fingerprint density at radius 3 is 2.83 bits per heavy atom. The normalized spacial score (nSPS) is 16.7. The second-order valence-corrected chi connectivity index (χ2v) is 4.92. The van der Waals surface area contributed by atoms with E-state index >= 15 is 0 Å². The van der Waals surface area contributed by atoms with Crippen LogP contribution in [0.4, 0.5) is 5.69 Å². The van der Waals surface area contributed by atoms with Crippen LogP contribution in [0.15, 0.2) is 22.7 Å². The van der Waals surface area contributed by atoms with E-state index in [1.165, 1.54) is 6.07 Å². The summed E-state index contributed by atoms with van der Waals surface area (Å²) in [5.41, 5.74) is 0.874. The van der Waals surface area contributed by atoms with Gasteiger partial charge < -0.3 is 9.47 Å². The van der Waals surface area contributed by atoms with Crippen LogP contribution in [0.1, 0.15) is 18.4 Å². The number of nitrogens with zero attached hydrogens (tertiary/aromatic N) is 1. The van der Waals surface area contributed by atoms with Gasteiger partial charge in [-0.2, -0.15) is 0 Å². The standard InChI is InChI=1S/C12H14BrNO4/c13-12-9(2-1-3-11(12)14(15)16)8-18-10-4-6-17-7-5-10/h1-3,10H,4-8H2. The molecule has 18 heavy (non-hydrogen) atoms. The largest absolute Gasteiger partial charge is 0.381 e. The lowest BCUT2D eigenvalue weighted by atomic mass is 10.1. The molecule has 1 aromatic rings. The number of hydrogen-bond donors (Lipinski definition) is 0. The third kappa shape index (κ3) is 3.28. The smallest absolute Gasteiger partial charge is 0.283 e. The van der Waals surface area contributed by atoms with Gasteiger partial charge in [-0.05, 0) is 34.3 Å². The number of nitro groups is 1. The van der Waals surface area contributed by atoms with E-state index in [-0.39, 0.29) is 11.8 Å². The molecular weight excluding hydrogens is 302 g/mol. The van der Waals surface area contributed by atoms with Crippen LogP contribution < -0.4 is 0 Å². The van der Waals surface area contributed by atoms with Gasteiger partial charge in [0.15, 0.2) is 0 Å². The lowest BCUT2D eigenvalue weighted by Crippen LogP contribution is -2.23. The van der Waals surface area contributed by atoms with Gasteiger partial charge in [0, 0.05) is 19.3 Å². The number of hydrogen-bond acceptors (Lipinski definition) is 4. The monoisotopic (exact) mass is 315 g/mol. The number of halogens is 1. The minimum absolute atomic E-state index is 0.0723. The van der Waals surface area contributed by atoms with Gasteiger partial charge in [0.1, 0.15) is 4.47 Å². The lowest BCUT2D eigenvalue weighted by molar-refractivity contribution is -0.385. The maximum Gasteiger partial charge on any atom is 0.283 e. The zero-order valence-corrected chi connectivity index (χ0v) is 11.4. The molecule has 1 saturated heterocycles. The number of rotatable bonds is 4. The molecule has 0 aliphatic carbocycles. The molecule has 0 saturated carbocycles. The van der Waals surface area contributed by atoms with Crippen molar-refractivity contribution in [3.63, 3.8) is 0 Å². The summed E-state index contributed by atoms with van der Waals surface area (Å²) in [4.78, 5) is 10.4. The Morgan fingerprint density at radius 1 is 1.44 bits per heavy atom. The van der Waals surface area contributed by atoms with Gasteiger partial charge in [-0.3, -0.25) is 10.1 Å². The lowest BCUT2D eigenvalue weighted by Gasteiger charge is -2.22. The summed E-state index contributed by atoms with van der Waals surface area (Å²) < 4.78 is 11.5. The quantitative estimate of drug-likeness (QED) is 0.633. The van der Waals surface area contributed by atoms with Gasteiger partial charge in [-0.25, -0.2) is 0 Å². The average molecular weight is 316 g/mol. The summed E-state index contributed by atoms with van der Waals surface area (Å²) in [6, 6.07) is 4.98. The molecule has 1 aliphatic rings. The first kappa shape index (κ1) is 13.5. The van der Waals surface area contributed by atoms with E-state index in [1.807, 2.05) is 6.07 Å². The summed E-state index contributed by atoms with van der Waals surface area (Å²) in [6.45, 7) is 1.83. The summed E-state index contributed by atoms with van der Waals surface area (Å²) in [6.07, 6.45) is 1.95. The van der Waals surface area contributed by atoms with Gasteiger partial charge in [0.25, 0.3) is 5.69 Å². The predicted molar refractivity (Wildman–Crippen MR) is 69.4 cm³/mol. The molecule has 0 aromatic heterocycles. The van der Waals surface area contributed by atoms with Crippen molar-refractivity contribution < 1.29 is 14.4 Å². The Labute approximate surface area is 113 Å². The van der Waals surface area contributed by atoms with Crippen molar-refractivity contribution in [2.75, 3.05) is 13.2 Å². The fourth-order valence-corrected chi connectivity index (χ4v) is 2.39. The molecule has 1 aromatic carbocycles. The van der Waals surface area contributed by atoms with Crippen molar-refractivity contribution in [3.8, 4) is 0 Å². The summed E-state index contributed by atoms with van der Waals surface area (Å²) in [5.74, 6) is 0. The zero-order chi connectivity index (χ0) is 13.0. The van der Waals surface area contributed by atoms with Crippen molar-refractivity contribution in [1.29, 1.82) is 0 Å². The molecule has 1 fully saturated rings. The van der Waals surface area contributed by atoms with Crippen LogP contribution in [0.3, 0.4) is 0 Å². The molecule has 98 valence electrons. The van der Waals surface area contributed by atoms with Gasteiger partial charge in [-0.1, -0.05) is 12.1 Å². The average Bonchev–Trinajstić information content (AvgIpc) is 2.38. The highest BCUT2D eigenvalue weighted by Gasteiger charge is 2.18. The molecule has 0 amide bonds. The minimum atomic E-state index is -0.401. The number of ether oxygens (including phenoxy) is 2. The van der Waals surface area contributed by atoms with Crippen LogP contribution in [-0.2, 0) is 16.1 Å². The molecule has 1 aliphatic heterocycles. The maximum absolute atomic E-state index is 10.8. The summed E-state index contributed by atoms with van der Waals surface area (Å²) >= 11 is 3.26. The Bertz CT molecular complexity index is 432. The van der Waals surface area contributed by atoms with E-state index in [1.54, 1.807) is 6.07 Å². The van der Waals surface area contributed by atoms with Crippen LogP contribution in [-0.4, -0.2) is 24.2 Å². The van der Waals surface area contributed by atoms with E-state index in [0.717, 1.165) is 31.6 Å². The predicted octanol–water partition coefficient (Wildman–Crippen LogP) is 3.05. The third-order valence-electron chi connectivity index (χ3n) is 2.90. The van der Waals surface area contributed by atoms with Gasteiger partial charge in [0.2, 0.25) is 0 Å². The fraction of sp³-hybridized carbons (Fsp3) is 0.500. The van der Waals surface area contributed by atoms with Crippen LogP contribution in [0, 0.1) is 10.1 Å². The van der Waals surface area contributed by atoms with E-state index in [0.29, 0.717) is 11.1 Å². The summed E-state index contributed by atoms with van der Waals surface area (Å²) in [7, 11) is 0. The molecule has 0 atom stereocenters. The Morgan fingerprint density at radius 2 is 2.17 bits per heavy atom. The molecule has 0 spiro atoms. The maximum atomic E-state index is 10.8. The minimum Gasteiger partial charge on any atom is -0.381 e. The van der Waals surface area contributed by atoms with Gasteiger partial charge >= 0.3 is 0 Å². The van der Waals surface area contributed by atoms with E-state index < -0.39 is 4.92 Å². The van der Waals surface area contributed by atoms with Crippen molar-refractivity contribution in [3.05, 3.63) is 38.3 Å². The van der Waals surface area contributed by atoms with Gasteiger partial charge in [0.05, 0.1) is 17.6 Å². The molecule has 2 rings (SSSR count). The second kappa shape index (κ2) is 6.26. The van der Waals surface area contributed by atoms with Crippen molar-refractivity contribution in [2.24, 2.45) is 0 Å². The van der Waals surface area contributed by atoms with Crippen LogP contribution in [0.5, 0.6) is 0 Å². The second-order valence-electron chi connectivity index (χ2n) is 4.13.